The summed E-state index contributed by atoms with van der Waals surface area (Å²) in [6.07, 6.45) is 1.61. The number of anilines is 3. The van der Waals surface area contributed by atoms with Crippen LogP contribution < -0.4 is 10.6 Å². The van der Waals surface area contributed by atoms with Crippen LogP contribution in [0.3, 0.4) is 0 Å². The lowest BCUT2D eigenvalue weighted by molar-refractivity contribution is -0.114. The van der Waals surface area contributed by atoms with Crippen molar-refractivity contribution in [2.75, 3.05) is 17.2 Å². The van der Waals surface area contributed by atoms with Gasteiger partial charge in [0.1, 0.15) is 5.69 Å². The van der Waals surface area contributed by atoms with Crippen LogP contribution in [-0.4, -0.2) is 28.2 Å². The standard InChI is InChI=1S/C23H24N4O2/c1-3-27(16-18-8-5-4-6-9-18)23(29)22-15-21(12-13-24-22)26-20-11-7-10-19(14-20)25-17(2)28/h4-15H,3,16H2,1-2H3,(H,24,26)(H,25,28). The molecule has 0 saturated heterocycles. The van der Waals surface area contributed by atoms with Gasteiger partial charge in [0, 0.05) is 43.3 Å². The SMILES string of the molecule is CCN(Cc1ccccc1)C(=O)c1cc(Nc2cccc(NC(C)=O)c2)ccn1. The molecule has 0 bridgehead atoms. The summed E-state index contributed by atoms with van der Waals surface area (Å²) in [5.41, 5.74) is 3.71. The molecule has 0 atom stereocenters. The molecule has 3 aromatic rings. The van der Waals surface area contributed by atoms with Crippen molar-refractivity contribution < 1.29 is 9.59 Å². The highest BCUT2D eigenvalue weighted by molar-refractivity contribution is 5.93. The van der Waals surface area contributed by atoms with E-state index in [1.165, 1.54) is 6.92 Å². The maximum atomic E-state index is 12.9. The molecular weight excluding hydrogens is 364 g/mol. The molecule has 6 nitrogen and oxygen atoms in total. The molecule has 0 aliphatic heterocycles. The molecule has 2 N–H and O–H groups in total. The number of rotatable bonds is 7. The predicted octanol–water partition coefficient (Wildman–Crippen LogP) is 4.45. The Morgan fingerprint density at radius 1 is 0.931 bits per heavy atom. The second kappa shape index (κ2) is 9.50. The Labute approximate surface area is 170 Å². The summed E-state index contributed by atoms with van der Waals surface area (Å²) in [5.74, 6) is -0.246. The number of pyridine rings is 1. The number of benzene rings is 2. The Hall–Kier alpha value is -3.67. The third-order valence-corrected chi connectivity index (χ3v) is 4.34. The fourth-order valence-corrected chi connectivity index (χ4v) is 2.96. The smallest absolute Gasteiger partial charge is 0.272 e. The van der Waals surface area contributed by atoms with Crippen LogP contribution in [0.1, 0.15) is 29.9 Å². The van der Waals surface area contributed by atoms with Crippen molar-refractivity contribution in [3.05, 3.63) is 84.2 Å². The van der Waals surface area contributed by atoms with E-state index in [0.29, 0.717) is 24.5 Å². The molecule has 148 valence electrons. The number of hydrogen-bond donors (Lipinski definition) is 2. The summed E-state index contributed by atoms with van der Waals surface area (Å²) in [6.45, 7) is 4.55. The van der Waals surface area contributed by atoms with Gasteiger partial charge in [-0.2, -0.15) is 0 Å². The summed E-state index contributed by atoms with van der Waals surface area (Å²) < 4.78 is 0. The van der Waals surface area contributed by atoms with Crippen molar-refractivity contribution in [1.82, 2.24) is 9.88 Å². The van der Waals surface area contributed by atoms with E-state index in [1.807, 2.05) is 61.5 Å². The maximum Gasteiger partial charge on any atom is 0.272 e. The Kier molecular flexibility index (Phi) is 6.58. The first-order chi connectivity index (χ1) is 14.0. The van der Waals surface area contributed by atoms with Crippen molar-refractivity contribution in [2.45, 2.75) is 20.4 Å². The molecular formula is C23H24N4O2. The third kappa shape index (κ3) is 5.65. The molecule has 2 aromatic carbocycles. The fourth-order valence-electron chi connectivity index (χ4n) is 2.96. The zero-order valence-electron chi connectivity index (χ0n) is 16.6. The summed E-state index contributed by atoms with van der Waals surface area (Å²) in [6, 6.07) is 20.8. The Morgan fingerprint density at radius 3 is 2.38 bits per heavy atom. The van der Waals surface area contributed by atoms with Crippen LogP contribution in [-0.2, 0) is 11.3 Å². The van der Waals surface area contributed by atoms with E-state index in [1.54, 1.807) is 23.2 Å². The summed E-state index contributed by atoms with van der Waals surface area (Å²) in [7, 11) is 0. The Bertz CT molecular complexity index is 989. The molecule has 1 heterocycles. The molecule has 3 rings (SSSR count). The van der Waals surface area contributed by atoms with Gasteiger partial charge in [-0.25, -0.2) is 0 Å². The fraction of sp³-hybridized carbons (Fsp3) is 0.174. The monoisotopic (exact) mass is 388 g/mol. The first kappa shape index (κ1) is 20.1. The van der Waals surface area contributed by atoms with E-state index in [0.717, 1.165) is 16.9 Å². The maximum absolute atomic E-state index is 12.9. The molecule has 0 aliphatic carbocycles. The molecule has 0 radical (unpaired) electrons. The van der Waals surface area contributed by atoms with Gasteiger partial charge in [0.25, 0.3) is 5.91 Å². The Balaban J connectivity index is 1.74. The van der Waals surface area contributed by atoms with Crippen molar-refractivity contribution in [3.63, 3.8) is 0 Å². The highest BCUT2D eigenvalue weighted by atomic mass is 16.2. The summed E-state index contributed by atoms with van der Waals surface area (Å²) >= 11 is 0. The minimum Gasteiger partial charge on any atom is -0.355 e. The molecule has 2 amide bonds. The van der Waals surface area contributed by atoms with Crippen LogP contribution in [0, 0.1) is 0 Å². The molecule has 6 heteroatoms. The first-order valence-corrected chi connectivity index (χ1v) is 9.49. The lowest BCUT2D eigenvalue weighted by Crippen LogP contribution is -2.31. The first-order valence-electron chi connectivity index (χ1n) is 9.49. The normalized spacial score (nSPS) is 10.3. The van der Waals surface area contributed by atoms with Crippen molar-refractivity contribution in [3.8, 4) is 0 Å². The van der Waals surface area contributed by atoms with Crippen LogP contribution >= 0.6 is 0 Å². The van der Waals surface area contributed by atoms with Gasteiger partial charge in [0.05, 0.1) is 0 Å². The Morgan fingerprint density at radius 2 is 1.66 bits per heavy atom. The molecule has 29 heavy (non-hydrogen) atoms. The summed E-state index contributed by atoms with van der Waals surface area (Å²) in [5, 5.41) is 6.01. The second-order valence-electron chi connectivity index (χ2n) is 6.62. The lowest BCUT2D eigenvalue weighted by atomic mass is 10.2. The van der Waals surface area contributed by atoms with Crippen molar-refractivity contribution in [2.24, 2.45) is 0 Å². The highest BCUT2D eigenvalue weighted by Gasteiger charge is 2.16. The molecule has 0 aliphatic rings. The van der Waals surface area contributed by atoms with Gasteiger partial charge in [0.2, 0.25) is 5.91 Å². The predicted molar refractivity (Wildman–Crippen MR) is 115 cm³/mol. The molecule has 1 aromatic heterocycles. The van der Waals surface area contributed by atoms with E-state index in [2.05, 4.69) is 15.6 Å². The van der Waals surface area contributed by atoms with Crippen LogP contribution in [0.25, 0.3) is 0 Å². The zero-order valence-corrected chi connectivity index (χ0v) is 16.6. The van der Waals surface area contributed by atoms with Gasteiger partial charge < -0.3 is 15.5 Å². The number of nitrogens with one attached hydrogen (secondary N) is 2. The minimum absolute atomic E-state index is 0.119. The molecule has 0 unspecified atom stereocenters. The van der Waals surface area contributed by atoms with Gasteiger partial charge >= 0.3 is 0 Å². The van der Waals surface area contributed by atoms with Crippen LogP contribution in [0.15, 0.2) is 72.9 Å². The second-order valence-corrected chi connectivity index (χ2v) is 6.62. The summed E-state index contributed by atoms with van der Waals surface area (Å²) in [4.78, 5) is 30.2. The quantitative estimate of drug-likeness (QED) is 0.627. The average molecular weight is 388 g/mol. The number of carbonyl (C=O) groups is 2. The van der Waals surface area contributed by atoms with E-state index in [9.17, 15) is 9.59 Å². The van der Waals surface area contributed by atoms with Gasteiger partial charge in [0.15, 0.2) is 0 Å². The minimum atomic E-state index is -0.128. The molecule has 0 spiro atoms. The number of amides is 2. The van der Waals surface area contributed by atoms with E-state index in [-0.39, 0.29) is 11.8 Å². The average Bonchev–Trinajstić information content (AvgIpc) is 2.72. The van der Waals surface area contributed by atoms with Crippen LogP contribution in [0.5, 0.6) is 0 Å². The topological polar surface area (TPSA) is 74.3 Å². The van der Waals surface area contributed by atoms with Gasteiger partial charge in [-0.3, -0.25) is 14.6 Å². The van der Waals surface area contributed by atoms with E-state index >= 15 is 0 Å². The molecule has 0 saturated carbocycles. The van der Waals surface area contributed by atoms with Crippen molar-refractivity contribution in [1.29, 1.82) is 0 Å². The third-order valence-electron chi connectivity index (χ3n) is 4.34. The largest absolute Gasteiger partial charge is 0.355 e. The number of carbonyl (C=O) groups excluding carboxylic acids is 2. The van der Waals surface area contributed by atoms with E-state index < -0.39 is 0 Å². The molecule has 0 fully saturated rings. The van der Waals surface area contributed by atoms with Gasteiger partial charge in [-0.1, -0.05) is 36.4 Å². The lowest BCUT2D eigenvalue weighted by Gasteiger charge is -2.21. The number of hydrogen-bond acceptors (Lipinski definition) is 4. The highest BCUT2D eigenvalue weighted by Crippen LogP contribution is 2.21. The van der Waals surface area contributed by atoms with Gasteiger partial charge in [-0.05, 0) is 42.8 Å². The number of aromatic nitrogens is 1. The van der Waals surface area contributed by atoms with Crippen LogP contribution in [0.4, 0.5) is 17.1 Å². The van der Waals surface area contributed by atoms with Crippen LogP contribution in [0.2, 0.25) is 0 Å². The van der Waals surface area contributed by atoms with Crippen molar-refractivity contribution >= 4 is 28.9 Å². The van der Waals surface area contributed by atoms with E-state index in [4.69, 9.17) is 0 Å². The van der Waals surface area contributed by atoms with Gasteiger partial charge in [-0.15, -0.1) is 0 Å². The zero-order chi connectivity index (χ0) is 20.6. The number of nitrogens with zero attached hydrogens (tertiary/aromatic N) is 2.